The Balaban J connectivity index is 0.816. The van der Waals surface area contributed by atoms with Gasteiger partial charge >= 0.3 is 0 Å². The largest absolute Gasteiger partial charge is 0.373 e. The van der Waals surface area contributed by atoms with Crippen LogP contribution in [-0.2, 0) is 19.3 Å². The summed E-state index contributed by atoms with van der Waals surface area (Å²) < 4.78 is 53.7. The molecule has 2 aromatic carbocycles. The van der Waals surface area contributed by atoms with E-state index in [4.69, 9.17) is 0 Å². The lowest BCUT2D eigenvalue weighted by molar-refractivity contribution is -0.0262. The molecule has 288 valence electrons. The van der Waals surface area contributed by atoms with Crippen molar-refractivity contribution in [3.63, 3.8) is 0 Å². The molecule has 4 fully saturated rings. The molecule has 8 nitrogen and oxygen atoms in total. The van der Waals surface area contributed by atoms with Crippen molar-refractivity contribution in [2.24, 2.45) is 5.92 Å². The fourth-order valence-corrected chi connectivity index (χ4v) is 10.1. The van der Waals surface area contributed by atoms with Crippen molar-refractivity contribution in [3.05, 3.63) is 86.5 Å². The third kappa shape index (κ3) is 9.25. The van der Waals surface area contributed by atoms with Crippen LogP contribution in [0.1, 0.15) is 109 Å². The van der Waals surface area contributed by atoms with Crippen LogP contribution < -0.4 is 15.5 Å². The van der Waals surface area contributed by atoms with Gasteiger partial charge in [-0.1, -0.05) is 71.1 Å². The van der Waals surface area contributed by atoms with Crippen molar-refractivity contribution in [1.29, 1.82) is 0 Å². The minimum Gasteiger partial charge on any atom is -0.373 e. The molecule has 1 aliphatic heterocycles. The number of nitrogens with zero attached hydrogens (tertiary/aromatic N) is 5. The van der Waals surface area contributed by atoms with Crippen molar-refractivity contribution >= 4 is 38.6 Å². The molecule has 2 aromatic heterocycles. The van der Waals surface area contributed by atoms with Crippen LogP contribution in [0.25, 0.3) is 0 Å². The van der Waals surface area contributed by atoms with Crippen LogP contribution in [0.5, 0.6) is 0 Å². The second kappa shape index (κ2) is 15.9. The Hall–Kier alpha value is -3.62. The monoisotopic (exact) mass is 781 g/mol. The number of benzene rings is 2. The van der Waals surface area contributed by atoms with E-state index >= 15 is 0 Å². The van der Waals surface area contributed by atoms with Gasteiger partial charge in [0, 0.05) is 48.9 Å². The maximum absolute atomic E-state index is 13.5. The summed E-state index contributed by atoms with van der Waals surface area (Å²) in [5, 5.41) is 38.9. The molecule has 3 saturated carbocycles. The smallest absolute Gasteiger partial charge is 0.282 e. The van der Waals surface area contributed by atoms with Crippen LogP contribution in [0, 0.1) is 5.92 Å². The van der Waals surface area contributed by atoms with Crippen LogP contribution in [0.4, 0.5) is 33.5 Å². The number of hydrogen-bond acceptors (Lipinski definition) is 10. The topological polar surface area (TPSA) is 99.1 Å². The Labute approximate surface area is 321 Å². The van der Waals surface area contributed by atoms with Crippen LogP contribution in [0.2, 0.25) is 0 Å². The predicted octanol–water partition coefficient (Wildman–Crippen LogP) is 9.72. The zero-order chi connectivity index (χ0) is 37.3. The molecule has 3 aliphatic carbocycles. The van der Waals surface area contributed by atoms with E-state index in [9.17, 15) is 22.7 Å². The van der Waals surface area contributed by atoms with E-state index < -0.39 is 18.1 Å². The summed E-state index contributed by atoms with van der Waals surface area (Å²) in [7, 11) is 0. The van der Waals surface area contributed by atoms with Gasteiger partial charge in [-0.2, -0.15) is 0 Å². The SMILES string of the molecule is OC(Cc1ccc(CCC2CCC(F)(F)C2)cc1)Nc1nnc([C@H]2CCC[C@H](c3nnc(NC(Cc4ccc(N5CC(F)(F)C5)cc4)=C4CCC4)s3)C2)s1. The number of aryl methyl sites for hydroxylation is 1. The van der Waals surface area contributed by atoms with E-state index in [-0.39, 0.29) is 43.7 Å². The highest BCUT2D eigenvalue weighted by Crippen LogP contribution is 2.44. The Morgan fingerprint density at radius 3 is 2.07 bits per heavy atom. The molecule has 0 bridgehead atoms. The summed E-state index contributed by atoms with van der Waals surface area (Å²) in [6, 6.07) is 16.0. The molecular weight excluding hydrogens is 735 g/mol. The third-order valence-electron chi connectivity index (χ3n) is 11.5. The van der Waals surface area contributed by atoms with Crippen molar-refractivity contribution in [1.82, 2.24) is 20.4 Å². The molecule has 3 heterocycles. The number of rotatable bonds is 14. The lowest BCUT2D eigenvalue weighted by atomic mass is 9.82. The van der Waals surface area contributed by atoms with Gasteiger partial charge in [-0.05, 0) is 92.5 Å². The van der Waals surface area contributed by atoms with Crippen LogP contribution in [0.3, 0.4) is 0 Å². The Bertz CT molecular complexity index is 1900. The van der Waals surface area contributed by atoms with Crippen molar-refractivity contribution in [2.75, 3.05) is 28.6 Å². The van der Waals surface area contributed by atoms with Gasteiger partial charge in [0.1, 0.15) is 16.2 Å². The third-order valence-corrected chi connectivity index (χ3v) is 13.5. The van der Waals surface area contributed by atoms with Gasteiger partial charge < -0.3 is 20.6 Å². The molecular formula is C40H47F4N7OS2. The Morgan fingerprint density at radius 2 is 1.44 bits per heavy atom. The number of anilines is 3. The van der Waals surface area contributed by atoms with Gasteiger partial charge in [0.2, 0.25) is 16.2 Å². The summed E-state index contributed by atoms with van der Waals surface area (Å²) in [4.78, 5) is 1.71. The molecule has 1 saturated heterocycles. The van der Waals surface area contributed by atoms with Crippen LogP contribution in [0.15, 0.2) is 59.8 Å². The van der Waals surface area contributed by atoms with Gasteiger partial charge in [-0.25, -0.2) is 17.6 Å². The standard InChI is InChI=1S/C40H47F4N7OS2/c41-39(42)18-17-28(22-39)12-9-25-7-10-27(11-8-25)20-34(52)46-38-50-48-36(54-38)31-6-2-5-30(21-31)35-47-49-37(53-35)45-33(29-3-1-4-29)19-26-13-15-32(16-14-26)51-23-40(43,44)24-51/h7-8,10-11,13-16,28,30-31,34,52H,1-6,9,12,17-24H2,(H,45,49)(H,46,50)/t28?,30-,31-,34?/m0/s1. The highest BCUT2D eigenvalue weighted by Gasteiger charge is 2.44. The molecule has 0 spiro atoms. The van der Waals surface area contributed by atoms with Crippen molar-refractivity contribution in [3.8, 4) is 0 Å². The van der Waals surface area contributed by atoms with E-state index in [1.54, 1.807) is 16.2 Å². The van der Waals surface area contributed by atoms with E-state index in [2.05, 4.69) is 31.0 Å². The minimum atomic E-state index is -2.59. The number of halogens is 4. The van der Waals surface area contributed by atoms with Crippen molar-refractivity contribution in [2.45, 2.75) is 120 Å². The normalized spacial score (nSPS) is 23.8. The van der Waals surface area contributed by atoms with E-state index in [0.717, 1.165) is 101 Å². The number of hydrogen-bond donors (Lipinski definition) is 3. The first-order chi connectivity index (χ1) is 26.0. The Kier molecular flexibility index (Phi) is 11.0. The summed E-state index contributed by atoms with van der Waals surface area (Å²) >= 11 is 3.11. The van der Waals surface area contributed by atoms with E-state index in [0.29, 0.717) is 18.0 Å². The first-order valence-corrected chi connectivity index (χ1v) is 20.9. The fraction of sp³-hybridized carbons (Fsp3) is 0.550. The van der Waals surface area contributed by atoms with Gasteiger partial charge in [0.25, 0.3) is 5.92 Å². The molecule has 3 N–H and O–H groups in total. The number of aromatic nitrogens is 4. The lowest BCUT2D eigenvalue weighted by Gasteiger charge is -2.40. The van der Waals surface area contributed by atoms with Crippen LogP contribution >= 0.6 is 22.7 Å². The summed E-state index contributed by atoms with van der Waals surface area (Å²) in [6.45, 7) is -0.436. The van der Waals surface area contributed by atoms with E-state index in [1.807, 2.05) is 48.5 Å². The summed E-state index contributed by atoms with van der Waals surface area (Å²) in [5.41, 5.74) is 6.65. The predicted molar refractivity (Wildman–Crippen MR) is 206 cm³/mol. The molecule has 14 heteroatoms. The van der Waals surface area contributed by atoms with Crippen LogP contribution in [-0.4, -0.2) is 56.7 Å². The zero-order valence-corrected chi connectivity index (χ0v) is 31.9. The highest BCUT2D eigenvalue weighted by atomic mass is 32.1. The highest BCUT2D eigenvalue weighted by molar-refractivity contribution is 7.15. The lowest BCUT2D eigenvalue weighted by Crippen LogP contribution is -2.56. The Morgan fingerprint density at radius 1 is 0.796 bits per heavy atom. The number of alkyl halides is 4. The average molecular weight is 782 g/mol. The number of aliphatic hydroxyl groups excluding tert-OH is 1. The van der Waals surface area contributed by atoms with Gasteiger partial charge in [-0.15, -0.1) is 20.4 Å². The first-order valence-electron chi connectivity index (χ1n) is 19.3. The average Bonchev–Trinajstić information content (AvgIpc) is 3.87. The summed E-state index contributed by atoms with van der Waals surface area (Å²) in [6.07, 6.45) is 9.91. The number of nitrogens with one attached hydrogen (secondary N) is 2. The fourth-order valence-electron chi connectivity index (χ4n) is 8.23. The first kappa shape index (κ1) is 37.3. The molecule has 0 radical (unpaired) electrons. The second-order valence-corrected chi connectivity index (χ2v) is 17.8. The minimum absolute atomic E-state index is 0.00911. The zero-order valence-electron chi connectivity index (χ0n) is 30.3. The van der Waals surface area contributed by atoms with Crippen molar-refractivity contribution < 1.29 is 22.7 Å². The molecule has 8 rings (SSSR count). The van der Waals surface area contributed by atoms with Gasteiger partial charge in [0.15, 0.2) is 0 Å². The number of allylic oxidation sites excluding steroid dienone is 2. The quantitative estimate of drug-likeness (QED) is 0.0860. The molecule has 4 aromatic rings. The maximum Gasteiger partial charge on any atom is 0.282 e. The van der Waals surface area contributed by atoms with E-state index in [1.165, 1.54) is 23.3 Å². The molecule has 0 amide bonds. The maximum atomic E-state index is 13.5. The van der Waals surface area contributed by atoms with Gasteiger partial charge in [-0.3, -0.25) is 0 Å². The molecule has 54 heavy (non-hydrogen) atoms. The second-order valence-electron chi connectivity index (χ2n) is 15.8. The van der Waals surface area contributed by atoms with Gasteiger partial charge in [0.05, 0.1) is 13.1 Å². The molecule has 4 atom stereocenters. The number of aliphatic hydroxyl groups is 1. The summed E-state index contributed by atoms with van der Waals surface area (Å²) in [5.74, 6) is -4.44. The molecule has 4 aliphatic rings. The molecule has 2 unspecified atom stereocenters.